The number of carbonyl (C=O) groups is 1. The number of amides is 1. The van der Waals surface area contributed by atoms with Crippen molar-refractivity contribution < 1.29 is 9.53 Å². The van der Waals surface area contributed by atoms with Gasteiger partial charge in [-0.05, 0) is 19.3 Å². The molecule has 0 bridgehead atoms. The average Bonchev–Trinajstić information content (AvgIpc) is 2.96. The van der Waals surface area contributed by atoms with Gasteiger partial charge in [0.05, 0.1) is 11.9 Å². The van der Waals surface area contributed by atoms with E-state index in [4.69, 9.17) is 4.74 Å². The van der Waals surface area contributed by atoms with Crippen molar-refractivity contribution in [1.29, 1.82) is 0 Å². The number of rotatable bonds is 7. The van der Waals surface area contributed by atoms with Crippen LogP contribution in [0, 0.1) is 0 Å². The number of aromatic amines is 1. The lowest BCUT2D eigenvalue weighted by Crippen LogP contribution is -2.33. The molecule has 6 nitrogen and oxygen atoms in total. The van der Waals surface area contributed by atoms with Gasteiger partial charge in [-0.15, -0.1) is 0 Å². The van der Waals surface area contributed by atoms with Crippen LogP contribution in [0.2, 0.25) is 0 Å². The Morgan fingerprint density at radius 3 is 3.19 bits per heavy atom. The van der Waals surface area contributed by atoms with Crippen LogP contribution in [0.4, 0.5) is 0 Å². The van der Waals surface area contributed by atoms with E-state index < -0.39 is 0 Å². The topological polar surface area (TPSA) is 84.1 Å². The van der Waals surface area contributed by atoms with Gasteiger partial charge in [0, 0.05) is 24.9 Å². The predicted octanol–water partition coefficient (Wildman–Crippen LogP) is 1.11. The molecule has 0 spiro atoms. The summed E-state index contributed by atoms with van der Waals surface area (Å²) in [6, 6.07) is 1.51. The molecule has 116 valence electrons. The van der Waals surface area contributed by atoms with Gasteiger partial charge in [0.25, 0.3) is 5.56 Å². The van der Waals surface area contributed by atoms with E-state index in [0.717, 1.165) is 38.0 Å². The summed E-state index contributed by atoms with van der Waals surface area (Å²) < 4.78 is 5.44. The highest BCUT2D eigenvalue weighted by Crippen LogP contribution is 2.13. The van der Waals surface area contributed by atoms with Crippen molar-refractivity contribution in [3.8, 4) is 0 Å². The molecule has 2 heterocycles. The number of aromatic nitrogens is 2. The first kappa shape index (κ1) is 16.0. The zero-order valence-corrected chi connectivity index (χ0v) is 13.0. The maximum Gasteiger partial charge on any atom is 0.251 e. The Labute approximate surface area is 128 Å². The highest BCUT2D eigenvalue weighted by atomic mass is 32.2. The summed E-state index contributed by atoms with van der Waals surface area (Å²) in [5.74, 6) is 0.171. The van der Waals surface area contributed by atoms with Crippen LogP contribution in [-0.2, 0) is 16.0 Å². The molecule has 2 rings (SSSR count). The lowest BCUT2D eigenvalue weighted by molar-refractivity contribution is -0.119. The molecule has 0 aliphatic carbocycles. The fraction of sp³-hybridized carbons (Fsp3) is 0.643. The Morgan fingerprint density at radius 2 is 2.48 bits per heavy atom. The number of nitrogens with one attached hydrogen (secondary N) is 2. The van der Waals surface area contributed by atoms with Crippen LogP contribution in [-0.4, -0.2) is 40.9 Å². The molecule has 1 aromatic heterocycles. The molecule has 7 heteroatoms. The van der Waals surface area contributed by atoms with Crippen molar-refractivity contribution in [2.45, 2.75) is 43.9 Å². The van der Waals surface area contributed by atoms with E-state index in [0.29, 0.717) is 11.7 Å². The second-order valence-corrected chi connectivity index (χ2v) is 5.98. The second kappa shape index (κ2) is 8.19. The molecule has 1 atom stereocenters. The van der Waals surface area contributed by atoms with Gasteiger partial charge in [0.2, 0.25) is 5.91 Å². The molecule has 0 aromatic carbocycles. The Kier molecular flexibility index (Phi) is 6.25. The van der Waals surface area contributed by atoms with Gasteiger partial charge in [-0.25, -0.2) is 4.98 Å². The van der Waals surface area contributed by atoms with E-state index in [9.17, 15) is 9.59 Å². The van der Waals surface area contributed by atoms with Gasteiger partial charge in [0.15, 0.2) is 5.16 Å². The number of hydrogen-bond acceptors (Lipinski definition) is 5. The van der Waals surface area contributed by atoms with Gasteiger partial charge >= 0.3 is 0 Å². The summed E-state index contributed by atoms with van der Waals surface area (Å²) in [5, 5.41) is 3.34. The van der Waals surface area contributed by atoms with Crippen LogP contribution in [0.15, 0.2) is 16.0 Å². The van der Waals surface area contributed by atoms with Crippen LogP contribution in [0.5, 0.6) is 0 Å². The number of hydrogen-bond donors (Lipinski definition) is 2. The van der Waals surface area contributed by atoms with Gasteiger partial charge in [-0.1, -0.05) is 25.1 Å². The van der Waals surface area contributed by atoms with E-state index in [2.05, 4.69) is 15.3 Å². The van der Waals surface area contributed by atoms with Crippen molar-refractivity contribution in [2.24, 2.45) is 0 Å². The SMILES string of the molecule is CCCc1cc(=O)[nH]c(SCC(=O)NCC2CCCO2)n1. The highest BCUT2D eigenvalue weighted by molar-refractivity contribution is 7.99. The number of nitrogens with zero attached hydrogens (tertiary/aromatic N) is 1. The van der Waals surface area contributed by atoms with Crippen LogP contribution in [0.25, 0.3) is 0 Å². The first-order chi connectivity index (χ1) is 10.2. The van der Waals surface area contributed by atoms with Crippen LogP contribution in [0.1, 0.15) is 31.9 Å². The molecule has 1 aromatic rings. The Balaban J connectivity index is 1.78. The van der Waals surface area contributed by atoms with Gasteiger partial charge < -0.3 is 15.0 Å². The number of aryl methyl sites for hydroxylation is 1. The molecule has 0 radical (unpaired) electrons. The molecular formula is C14H21N3O3S. The zero-order chi connectivity index (χ0) is 15.1. The van der Waals surface area contributed by atoms with E-state index in [1.54, 1.807) is 0 Å². The van der Waals surface area contributed by atoms with Crippen molar-refractivity contribution >= 4 is 17.7 Å². The molecule has 1 aliphatic rings. The first-order valence-electron chi connectivity index (χ1n) is 7.28. The minimum Gasteiger partial charge on any atom is -0.376 e. The average molecular weight is 311 g/mol. The molecule has 1 amide bonds. The molecule has 2 N–H and O–H groups in total. The van der Waals surface area contributed by atoms with E-state index in [-0.39, 0.29) is 23.3 Å². The van der Waals surface area contributed by atoms with E-state index in [1.165, 1.54) is 17.8 Å². The first-order valence-corrected chi connectivity index (χ1v) is 8.27. The van der Waals surface area contributed by atoms with Crippen molar-refractivity contribution in [1.82, 2.24) is 15.3 Å². The zero-order valence-electron chi connectivity index (χ0n) is 12.2. The lowest BCUT2D eigenvalue weighted by Gasteiger charge is -2.10. The quantitative estimate of drug-likeness (QED) is 0.582. The minimum atomic E-state index is -0.171. The fourth-order valence-corrected chi connectivity index (χ4v) is 2.88. The maximum atomic E-state index is 11.8. The minimum absolute atomic E-state index is 0.0703. The second-order valence-electron chi connectivity index (χ2n) is 5.02. The number of thioether (sulfide) groups is 1. The molecule has 21 heavy (non-hydrogen) atoms. The monoisotopic (exact) mass is 311 g/mol. The number of ether oxygens (including phenoxy) is 1. The Bertz CT molecular complexity index is 526. The van der Waals surface area contributed by atoms with E-state index in [1.807, 2.05) is 6.92 Å². The molecule has 1 fully saturated rings. The third-order valence-electron chi connectivity index (χ3n) is 3.17. The van der Waals surface area contributed by atoms with Crippen LogP contribution >= 0.6 is 11.8 Å². The molecular weight excluding hydrogens is 290 g/mol. The lowest BCUT2D eigenvalue weighted by atomic mass is 10.2. The Morgan fingerprint density at radius 1 is 1.62 bits per heavy atom. The largest absolute Gasteiger partial charge is 0.376 e. The van der Waals surface area contributed by atoms with Crippen LogP contribution < -0.4 is 10.9 Å². The smallest absolute Gasteiger partial charge is 0.251 e. The summed E-state index contributed by atoms with van der Waals surface area (Å²) in [5.41, 5.74) is 0.597. The molecule has 0 saturated carbocycles. The summed E-state index contributed by atoms with van der Waals surface area (Å²) in [6.07, 6.45) is 3.90. The van der Waals surface area contributed by atoms with Gasteiger partial charge in [-0.2, -0.15) is 0 Å². The van der Waals surface area contributed by atoms with E-state index >= 15 is 0 Å². The fourth-order valence-electron chi connectivity index (χ4n) is 2.15. The summed E-state index contributed by atoms with van der Waals surface area (Å²) >= 11 is 1.25. The predicted molar refractivity (Wildman–Crippen MR) is 81.6 cm³/mol. The third kappa shape index (κ3) is 5.51. The standard InChI is InChI=1S/C14H21N3O3S/c1-2-4-10-7-12(18)17-14(16-10)21-9-13(19)15-8-11-5-3-6-20-11/h7,11H,2-6,8-9H2,1H3,(H,15,19)(H,16,17,18). The van der Waals surface area contributed by atoms with Gasteiger partial charge in [-0.3, -0.25) is 9.59 Å². The summed E-state index contributed by atoms with van der Waals surface area (Å²) in [4.78, 5) is 30.3. The van der Waals surface area contributed by atoms with Crippen molar-refractivity contribution in [3.63, 3.8) is 0 Å². The molecule has 1 unspecified atom stereocenters. The third-order valence-corrected chi connectivity index (χ3v) is 4.04. The Hall–Kier alpha value is -1.34. The molecule has 1 saturated heterocycles. The highest BCUT2D eigenvalue weighted by Gasteiger charge is 2.16. The maximum absolute atomic E-state index is 11.8. The van der Waals surface area contributed by atoms with Crippen molar-refractivity contribution in [2.75, 3.05) is 18.9 Å². The summed E-state index contributed by atoms with van der Waals surface area (Å²) in [6.45, 7) is 3.37. The summed E-state index contributed by atoms with van der Waals surface area (Å²) in [7, 11) is 0. The van der Waals surface area contributed by atoms with Crippen LogP contribution in [0.3, 0.4) is 0 Å². The van der Waals surface area contributed by atoms with Crippen molar-refractivity contribution in [3.05, 3.63) is 22.1 Å². The number of carbonyl (C=O) groups excluding carboxylic acids is 1. The molecule has 1 aliphatic heterocycles. The van der Waals surface area contributed by atoms with Gasteiger partial charge in [0.1, 0.15) is 0 Å². The number of H-pyrrole nitrogens is 1. The normalized spacial score (nSPS) is 17.9.